The Labute approximate surface area is 141 Å². The Morgan fingerprint density at radius 1 is 1.14 bits per heavy atom. The van der Waals surface area contributed by atoms with E-state index in [1.165, 1.54) is 0 Å². The molecule has 2 rings (SSSR count). The van der Waals surface area contributed by atoms with Gasteiger partial charge in [0.2, 0.25) is 0 Å². The number of hydrogen-bond donors (Lipinski definition) is 2. The molecular formula is C16H17Br2NO2. The van der Waals surface area contributed by atoms with Crippen molar-refractivity contribution in [3.63, 3.8) is 0 Å². The van der Waals surface area contributed by atoms with Crippen LogP contribution in [-0.2, 0) is 6.54 Å². The van der Waals surface area contributed by atoms with Gasteiger partial charge in [-0.25, -0.2) is 0 Å². The van der Waals surface area contributed by atoms with E-state index in [0.717, 1.165) is 32.4 Å². The molecule has 3 nitrogen and oxygen atoms in total. The normalized spacial score (nSPS) is 10.4. The number of hydrogen-bond acceptors (Lipinski definition) is 3. The highest BCUT2D eigenvalue weighted by molar-refractivity contribution is 9.11. The molecule has 2 aromatic rings. The van der Waals surface area contributed by atoms with Gasteiger partial charge in [0.05, 0.1) is 11.1 Å². The summed E-state index contributed by atoms with van der Waals surface area (Å²) in [5.74, 6) is 1.13. The van der Waals surface area contributed by atoms with Crippen molar-refractivity contribution in [2.45, 2.75) is 19.9 Å². The van der Waals surface area contributed by atoms with Crippen molar-refractivity contribution in [3.05, 3.63) is 50.9 Å². The Kier molecular flexibility index (Phi) is 5.94. The van der Waals surface area contributed by atoms with Crippen LogP contribution < -0.4 is 10.1 Å². The Morgan fingerprint density at radius 2 is 1.86 bits per heavy atom. The van der Waals surface area contributed by atoms with E-state index < -0.39 is 0 Å². The molecule has 0 saturated carbocycles. The van der Waals surface area contributed by atoms with Gasteiger partial charge in [0.1, 0.15) is 11.5 Å². The van der Waals surface area contributed by atoms with Crippen LogP contribution in [0.1, 0.15) is 18.9 Å². The minimum atomic E-state index is 0.262. The summed E-state index contributed by atoms with van der Waals surface area (Å²) in [6, 6.07) is 11.0. The van der Waals surface area contributed by atoms with Gasteiger partial charge >= 0.3 is 0 Å². The molecule has 21 heavy (non-hydrogen) atoms. The number of rotatable bonds is 6. The van der Waals surface area contributed by atoms with E-state index in [0.29, 0.717) is 13.2 Å². The molecule has 2 aromatic carbocycles. The molecule has 0 aliphatic rings. The molecule has 0 atom stereocenters. The standard InChI is InChI=1S/C16H17Br2NO2/c1-2-7-21-16-11(8-12(17)9-15(16)18)10-19-13-3-5-14(20)6-4-13/h3-6,8-9,19-20H,2,7,10H2,1H3. The van der Waals surface area contributed by atoms with Gasteiger partial charge in [-0.15, -0.1) is 0 Å². The smallest absolute Gasteiger partial charge is 0.138 e. The van der Waals surface area contributed by atoms with Crippen LogP contribution in [0.3, 0.4) is 0 Å². The van der Waals surface area contributed by atoms with Crippen LogP contribution in [0.5, 0.6) is 11.5 Å². The van der Waals surface area contributed by atoms with E-state index in [4.69, 9.17) is 4.74 Å². The highest BCUT2D eigenvalue weighted by atomic mass is 79.9. The molecule has 0 amide bonds. The molecule has 0 saturated heterocycles. The quantitative estimate of drug-likeness (QED) is 0.628. The molecule has 0 aromatic heterocycles. The summed E-state index contributed by atoms with van der Waals surface area (Å²) in [5, 5.41) is 12.6. The summed E-state index contributed by atoms with van der Waals surface area (Å²) >= 11 is 7.05. The molecule has 0 radical (unpaired) electrons. The lowest BCUT2D eigenvalue weighted by atomic mass is 10.2. The third-order valence-electron chi connectivity index (χ3n) is 2.89. The molecule has 112 valence electrons. The van der Waals surface area contributed by atoms with Crippen molar-refractivity contribution in [2.24, 2.45) is 0 Å². The van der Waals surface area contributed by atoms with E-state index in [9.17, 15) is 5.11 Å². The summed E-state index contributed by atoms with van der Waals surface area (Å²) in [7, 11) is 0. The average Bonchev–Trinajstić information content (AvgIpc) is 2.45. The lowest BCUT2D eigenvalue weighted by Crippen LogP contribution is -2.05. The molecule has 0 spiro atoms. The predicted octanol–water partition coefficient (Wildman–Crippen LogP) is 5.32. The summed E-state index contributed by atoms with van der Waals surface area (Å²) in [6.07, 6.45) is 0.966. The molecule has 0 aliphatic heterocycles. The zero-order valence-electron chi connectivity index (χ0n) is 11.7. The number of aromatic hydroxyl groups is 1. The molecule has 0 unspecified atom stereocenters. The first kappa shape index (κ1) is 16.2. The number of benzene rings is 2. The number of nitrogens with one attached hydrogen (secondary N) is 1. The summed E-state index contributed by atoms with van der Waals surface area (Å²) in [5.41, 5.74) is 2.02. The van der Waals surface area contributed by atoms with Crippen molar-refractivity contribution in [3.8, 4) is 11.5 Å². The van der Waals surface area contributed by atoms with Gasteiger partial charge < -0.3 is 15.2 Å². The maximum absolute atomic E-state index is 9.30. The van der Waals surface area contributed by atoms with Gasteiger partial charge in [-0.1, -0.05) is 22.9 Å². The van der Waals surface area contributed by atoms with Crippen LogP contribution in [0, 0.1) is 0 Å². The van der Waals surface area contributed by atoms with Gasteiger partial charge in [-0.3, -0.25) is 0 Å². The van der Waals surface area contributed by atoms with Crippen LogP contribution in [0.25, 0.3) is 0 Å². The third kappa shape index (κ3) is 4.64. The maximum Gasteiger partial charge on any atom is 0.138 e. The first-order valence-corrected chi connectivity index (χ1v) is 8.32. The second-order valence-corrected chi connectivity index (χ2v) is 6.39. The zero-order chi connectivity index (χ0) is 15.2. The summed E-state index contributed by atoms with van der Waals surface area (Å²) < 4.78 is 7.77. The summed E-state index contributed by atoms with van der Waals surface area (Å²) in [6.45, 7) is 3.41. The average molecular weight is 415 g/mol. The van der Waals surface area contributed by atoms with E-state index in [-0.39, 0.29) is 5.75 Å². The van der Waals surface area contributed by atoms with Crippen molar-refractivity contribution >= 4 is 37.5 Å². The van der Waals surface area contributed by atoms with Crippen molar-refractivity contribution < 1.29 is 9.84 Å². The fourth-order valence-electron chi connectivity index (χ4n) is 1.89. The minimum absolute atomic E-state index is 0.262. The molecule has 0 aliphatic carbocycles. The largest absolute Gasteiger partial charge is 0.508 e. The first-order valence-electron chi connectivity index (χ1n) is 6.73. The maximum atomic E-state index is 9.30. The van der Waals surface area contributed by atoms with Crippen molar-refractivity contribution in [2.75, 3.05) is 11.9 Å². The number of anilines is 1. The van der Waals surface area contributed by atoms with Gasteiger partial charge in [-0.2, -0.15) is 0 Å². The lowest BCUT2D eigenvalue weighted by Gasteiger charge is -2.15. The third-order valence-corrected chi connectivity index (χ3v) is 3.93. The van der Waals surface area contributed by atoms with E-state index in [2.05, 4.69) is 44.1 Å². The molecule has 0 bridgehead atoms. The molecular weight excluding hydrogens is 398 g/mol. The Hall–Kier alpha value is -1.20. The van der Waals surface area contributed by atoms with Crippen LogP contribution >= 0.6 is 31.9 Å². The molecule has 0 heterocycles. The predicted molar refractivity (Wildman–Crippen MR) is 93.1 cm³/mol. The molecule has 5 heteroatoms. The fraction of sp³-hybridized carbons (Fsp3) is 0.250. The van der Waals surface area contributed by atoms with Crippen LogP contribution in [0.15, 0.2) is 45.3 Å². The lowest BCUT2D eigenvalue weighted by molar-refractivity contribution is 0.312. The Balaban J connectivity index is 2.15. The van der Waals surface area contributed by atoms with Crippen molar-refractivity contribution in [1.29, 1.82) is 0 Å². The van der Waals surface area contributed by atoms with Crippen LogP contribution in [-0.4, -0.2) is 11.7 Å². The van der Waals surface area contributed by atoms with Gasteiger partial charge in [-0.05, 0) is 58.7 Å². The van der Waals surface area contributed by atoms with E-state index in [1.54, 1.807) is 12.1 Å². The van der Waals surface area contributed by atoms with Gasteiger partial charge in [0.15, 0.2) is 0 Å². The second kappa shape index (κ2) is 7.71. The van der Waals surface area contributed by atoms with Crippen LogP contribution in [0.4, 0.5) is 5.69 Å². The zero-order valence-corrected chi connectivity index (χ0v) is 14.9. The molecule has 0 fully saturated rings. The summed E-state index contributed by atoms with van der Waals surface area (Å²) in [4.78, 5) is 0. The fourth-order valence-corrected chi connectivity index (χ4v) is 3.32. The number of phenols is 1. The highest BCUT2D eigenvalue weighted by Gasteiger charge is 2.10. The SMILES string of the molecule is CCCOc1c(Br)cc(Br)cc1CNc1ccc(O)cc1. The van der Waals surface area contributed by atoms with Crippen molar-refractivity contribution in [1.82, 2.24) is 0 Å². The van der Waals surface area contributed by atoms with E-state index >= 15 is 0 Å². The van der Waals surface area contributed by atoms with Gasteiger partial charge in [0, 0.05) is 22.3 Å². The highest BCUT2D eigenvalue weighted by Crippen LogP contribution is 2.33. The number of phenolic OH excluding ortho intramolecular Hbond substituents is 1. The Morgan fingerprint density at radius 3 is 2.52 bits per heavy atom. The monoisotopic (exact) mass is 413 g/mol. The number of ether oxygens (including phenoxy) is 1. The topological polar surface area (TPSA) is 41.5 Å². The minimum Gasteiger partial charge on any atom is -0.508 e. The number of halogens is 2. The van der Waals surface area contributed by atoms with Gasteiger partial charge in [0.25, 0.3) is 0 Å². The first-order chi connectivity index (χ1) is 10.1. The van der Waals surface area contributed by atoms with Crippen LogP contribution in [0.2, 0.25) is 0 Å². The molecule has 2 N–H and O–H groups in total. The Bertz CT molecular complexity index is 600. The second-order valence-electron chi connectivity index (χ2n) is 4.62. The van der Waals surface area contributed by atoms with E-state index in [1.807, 2.05) is 24.3 Å².